The van der Waals surface area contributed by atoms with Gasteiger partial charge in [-0.3, -0.25) is 14.5 Å². The average Bonchev–Trinajstić information content (AvgIpc) is 3.02. The number of hydrogen-bond acceptors (Lipinski definition) is 6. The molecule has 9 nitrogen and oxygen atoms in total. The van der Waals surface area contributed by atoms with Gasteiger partial charge in [-0.15, -0.1) is 0 Å². The summed E-state index contributed by atoms with van der Waals surface area (Å²) in [5, 5.41) is 5.33. The zero-order valence-corrected chi connectivity index (χ0v) is 19.5. The molecule has 1 unspecified atom stereocenters. The van der Waals surface area contributed by atoms with Crippen LogP contribution < -0.4 is 10.6 Å². The number of alkyl carbamates (subject to hydrolysis) is 2. The summed E-state index contributed by atoms with van der Waals surface area (Å²) < 4.78 is 10.5. The first-order chi connectivity index (χ1) is 16.1. The highest BCUT2D eigenvalue weighted by molar-refractivity contribution is 6.21. The molecular weight excluding hydrogens is 438 g/mol. The maximum Gasteiger partial charge on any atom is 0.407 e. The summed E-state index contributed by atoms with van der Waals surface area (Å²) in [6, 6.07) is 15.1. The Balaban J connectivity index is 1.62. The third-order valence-corrected chi connectivity index (χ3v) is 4.98. The topological polar surface area (TPSA) is 114 Å². The molecule has 1 heterocycles. The van der Waals surface area contributed by atoms with Crippen molar-refractivity contribution in [1.82, 2.24) is 15.5 Å². The van der Waals surface area contributed by atoms with Crippen molar-refractivity contribution in [1.29, 1.82) is 0 Å². The van der Waals surface area contributed by atoms with Crippen molar-refractivity contribution in [2.24, 2.45) is 0 Å². The molecule has 0 radical (unpaired) electrons. The van der Waals surface area contributed by atoms with Gasteiger partial charge in [0.15, 0.2) is 0 Å². The number of hydrogen-bond donors (Lipinski definition) is 2. The van der Waals surface area contributed by atoms with E-state index in [0.29, 0.717) is 11.1 Å². The van der Waals surface area contributed by atoms with Crippen LogP contribution in [0.5, 0.6) is 0 Å². The number of ether oxygens (including phenoxy) is 2. The maximum absolute atomic E-state index is 12.7. The zero-order chi connectivity index (χ0) is 24.7. The van der Waals surface area contributed by atoms with E-state index in [0.717, 1.165) is 10.5 Å². The first kappa shape index (κ1) is 24.8. The second-order valence-electron chi connectivity index (χ2n) is 8.89. The zero-order valence-electron chi connectivity index (χ0n) is 19.5. The number of nitrogens with zero attached hydrogens (tertiary/aromatic N) is 1. The number of amides is 4. The number of nitrogens with one attached hydrogen (secondary N) is 2. The lowest BCUT2D eigenvalue weighted by Gasteiger charge is -2.24. The third kappa shape index (κ3) is 6.81. The number of imide groups is 1. The van der Waals surface area contributed by atoms with Crippen molar-refractivity contribution < 1.29 is 28.7 Å². The molecule has 180 valence electrons. The fraction of sp³-hybridized carbons (Fsp3) is 0.360. The molecule has 2 aromatic rings. The quantitative estimate of drug-likeness (QED) is 0.575. The SMILES string of the molecule is CC(C)(C)OC(=O)NCCC(CN1C(=O)c2ccccc2C1=O)NC(=O)OCc1ccccc1. The van der Waals surface area contributed by atoms with Crippen molar-refractivity contribution >= 4 is 24.0 Å². The fourth-order valence-electron chi connectivity index (χ4n) is 3.43. The van der Waals surface area contributed by atoms with Crippen molar-refractivity contribution in [2.75, 3.05) is 13.1 Å². The molecule has 9 heteroatoms. The van der Waals surface area contributed by atoms with E-state index in [1.165, 1.54) is 0 Å². The van der Waals surface area contributed by atoms with E-state index in [1.54, 1.807) is 45.0 Å². The molecule has 0 saturated heterocycles. The van der Waals surface area contributed by atoms with Crippen molar-refractivity contribution in [3.8, 4) is 0 Å². The molecule has 1 atom stereocenters. The number of carbonyl (C=O) groups excluding carboxylic acids is 4. The van der Waals surface area contributed by atoms with Crippen LogP contribution in [-0.2, 0) is 16.1 Å². The molecular formula is C25H29N3O6. The van der Waals surface area contributed by atoms with Crippen molar-refractivity contribution in [2.45, 2.75) is 45.4 Å². The van der Waals surface area contributed by atoms with Gasteiger partial charge in [-0.1, -0.05) is 42.5 Å². The molecule has 2 aromatic carbocycles. The molecule has 0 aliphatic carbocycles. The summed E-state index contributed by atoms with van der Waals surface area (Å²) in [5.41, 5.74) is 0.819. The van der Waals surface area contributed by atoms with Crippen molar-refractivity contribution in [3.63, 3.8) is 0 Å². The van der Waals surface area contributed by atoms with Crippen LogP contribution in [0, 0.1) is 0 Å². The molecule has 1 aliphatic heterocycles. The van der Waals surface area contributed by atoms with E-state index in [-0.39, 0.29) is 26.1 Å². The monoisotopic (exact) mass is 467 g/mol. The van der Waals surface area contributed by atoms with Gasteiger partial charge in [0.05, 0.1) is 17.2 Å². The predicted molar refractivity (Wildman–Crippen MR) is 124 cm³/mol. The van der Waals surface area contributed by atoms with Gasteiger partial charge in [0.25, 0.3) is 11.8 Å². The normalized spacial score (nSPS) is 13.8. The smallest absolute Gasteiger partial charge is 0.407 e. The lowest BCUT2D eigenvalue weighted by atomic mass is 10.1. The van der Waals surface area contributed by atoms with Crippen LogP contribution in [0.2, 0.25) is 0 Å². The van der Waals surface area contributed by atoms with Crippen LogP contribution in [-0.4, -0.2) is 53.6 Å². The van der Waals surface area contributed by atoms with Crippen molar-refractivity contribution in [3.05, 3.63) is 71.3 Å². The van der Waals surface area contributed by atoms with Gasteiger partial charge >= 0.3 is 12.2 Å². The Bertz CT molecular complexity index is 1010. The largest absolute Gasteiger partial charge is 0.445 e. The molecule has 4 amide bonds. The lowest BCUT2D eigenvalue weighted by molar-refractivity contribution is 0.0518. The first-order valence-corrected chi connectivity index (χ1v) is 11.0. The number of carbonyl (C=O) groups is 4. The highest BCUT2D eigenvalue weighted by atomic mass is 16.6. The number of fused-ring (bicyclic) bond motifs is 1. The Morgan fingerprint density at radius 3 is 2.09 bits per heavy atom. The molecule has 0 saturated carbocycles. The van der Waals surface area contributed by atoms with Crippen LogP contribution >= 0.6 is 0 Å². The Morgan fingerprint density at radius 2 is 1.50 bits per heavy atom. The second kappa shape index (κ2) is 10.8. The van der Waals surface area contributed by atoms with E-state index in [9.17, 15) is 19.2 Å². The van der Waals surface area contributed by atoms with Crippen LogP contribution in [0.4, 0.5) is 9.59 Å². The van der Waals surface area contributed by atoms with E-state index >= 15 is 0 Å². The van der Waals surface area contributed by atoms with Crippen LogP contribution in [0.1, 0.15) is 53.5 Å². The van der Waals surface area contributed by atoms with E-state index < -0.39 is 35.6 Å². The summed E-state index contributed by atoms with van der Waals surface area (Å²) in [6.07, 6.45) is -1.05. The standard InChI is InChI=1S/C25H29N3O6/c1-25(2,3)34-23(31)26-14-13-18(27-24(32)33-16-17-9-5-4-6-10-17)15-28-21(29)19-11-7-8-12-20(19)22(28)30/h4-12,18H,13-16H2,1-3H3,(H,26,31)(H,27,32). The average molecular weight is 468 g/mol. The van der Waals surface area contributed by atoms with Gasteiger partial charge in [-0.25, -0.2) is 9.59 Å². The summed E-state index contributed by atoms with van der Waals surface area (Å²) in [7, 11) is 0. The Labute approximate surface area is 198 Å². The van der Waals surface area contributed by atoms with E-state index in [2.05, 4.69) is 10.6 Å². The highest BCUT2D eigenvalue weighted by Gasteiger charge is 2.36. The minimum atomic E-state index is -0.692. The number of benzene rings is 2. The molecule has 0 bridgehead atoms. The third-order valence-electron chi connectivity index (χ3n) is 4.98. The Hall–Kier alpha value is -3.88. The predicted octanol–water partition coefficient (Wildman–Crippen LogP) is 3.49. The minimum absolute atomic E-state index is 0.0667. The fourth-order valence-corrected chi connectivity index (χ4v) is 3.43. The number of rotatable bonds is 8. The van der Waals surface area contributed by atoms with Gasteiger partial charge < -0.3 is 20.1 Å². The highest BCUT2D eigenvalue weighted by Crippen LogP contribution is 2.22. The van der Waals surface area contributed by atoms with Crippen LogP contribution in [0.15, 0.2) is 54.6 Å². The Morgan fingerprint density at radius 1 is 0.912 bits per heavy atom. The van der Waals surface area contributed by atoms with Gasteiger partial charge in [0, 0.05) is 13.1 Å². The molecule has 0 aromatic heterocycles. The maximum atomic E-state index is 12.7. The summed E-state index contributed by atoms with van der Waals surface area (Å²) in [5.74, 6) is -0.852. The van der Waals surface area contributed by atoms with Gasteiger partial charge in [-0.05, 0) is 44.9 Å². The molecule has 1 aliphatic rings. The molecule has 0 spiro atoms. The molecule has 0 fully saturated rings. The molecule has 3 rings (SSSR count). The Kier molecular flexibility index (Phi) is 7.88. The minimum Gasteiger partial charge on any atom is -0.445 e. The second-order valence-corrected chi connectivity index (χ2v) is 8.89. The first-order valence-electron chi connectivity index (χ1n) is 11.0. The van der Waals surface area contributed by atoms with Gasteiger partial charge in [0.2, 0.25) is 0 Å². The van der Waals surface area contributed by atoms with Crippen LogP contribution in [0.25, 0.3) is 0 Å². The molecule has 34 heavy (non-hydrogen) atoms. The van der Waals surface area contributed by atoms with Crippen LogP contribution in [0.3, 0.4) is 0 Å². The van der Waals surface area contributed by atoms with Gasteiger partial charge in [-0.2, -0.15) is 0 Å². The van der Waals surface area contributed by atoms with E-state index in [1.807, 2.05) is 30.3 Å². The summed E-state index contributed by atoms with van der Waals surface area (Å²) in [6.45, 7) is 5.42. The van der Waals surface area contributed by atoms with E-state index in [4.69, 9.17) is 9.47 Å². The molecule has 2 N–H and O–H groups in total. The summed E-state index contributed by atoms with van der Waals surface area (Å²) in [4.78, 5) is 51.0. The summed E-state index contributed by atoms with van der Waals surface area (Å²) >= 11 is 0. The van der Waals surface area contributed by atoms with Gasteiger partial charge in [0.1, 0.15) is 12.2 Å². The lowest BCUT2D eigenvalue weighted by Crippen LogP contribution is -2.47.